The first-order valence-corrected chi connectivity index (χ1v) is 11.3. The van der Waals surface area contributed by atoms with Gasteiger partial charge in [0.25, 0.3) is 0 Å². The van der Waals surface area contributed by atoms with Crippen molar-refractivity contribution >= 4 is 29.5 Å². The van der Waals surface area contributed by atoms with Crippen LogP contribution in [0.25, 0.3) is 0 Å². The molecule has 1 aromatic rings. The van der Waals surface area contributed by atoms with Gasteiger partial charge in [-0.2, -0.15) is 11.8 Å². The number of aromatic nitrogens is 3. The molecule has 2 rings (SSSR count). The molecule has 136 valence electrons. The van der Waals surface area contributed by atoms with Gasteiger partial charge in [-0.05, 0) is 31.8 Å². The number of thioether (sulfide) groups is 2. The Balaban J connectivity index is 1.80. The Labute approximate surface area is 154 Å². The van der Waals surface area contributed by atoms with Crippen LogP contribution in [0.5, 0.6) is 0 Å². The second kappa shape index (κ2) is 10.9. The number of hydrogen-bond acceptors (Lipinski definition) is 5. The van der Waals surface area contributed by atoms with E-state index in [0.29, 0.717) is 6.04 Å². The Bertz CT molecular complexity index is 511. The Morgan fingerprint density at radius 2 is 1.96 bits per heavy atom. The fraction of sp³-hybridized carbons (Fsp3) is 0.812. The van der Waals surface area contributed by atoms with Crippen LogP contribution in [0.2, 0.25) is 0 Å². The molecule has 2 N–H and O–H groups in total. The predicted octanol–water partition coefficient (Wildman–Crippen LogP) is 2.58. The van der Waals surface area contributed by atoms with Crippen LogP contribution >= 0.6 is 23.5 Å². The molecule has 1 heterocycles. The molecule has 1 aromatic heterocycles. The van der Waals surface area contributed by atoms with Crippen molar-refractivity contribution < 1.29 is 0 Å². The lowest BCUT2D eigenvalue weighted by atomic mass is 10.2. The van der Waals surface area contributed by atoms with E-state index in [2.05, 4.69) is 42.9 Å². The quantitative estimate of drug-likeness (QED) is 0.301. The molecule has 0 saturated heterocycles. The van der Waals surface area contributed by atoms with Gasteiger partial charge in [0.2, 0.25) is 0 Å². The summed E-state index contributed by atoms with van der Waals surface area (Å²) in [5.74, 6) is 3.10. The third-order valence-corrected chi connectivity index (χ3v) is 5.56. The normalized spacial score (nSPS) is 15.9. The van der Waals surface area contributed by atoms with Crippen molar-refractivity contribution in [2.24, 2.45) is 4.99 Å². The van der Waals surface area contributed by atoms with Gasteiger partial charge in [0, 0.05) is 38.4 Å². The summed E-state index contributed by atoms with van der Waals surface area (Å²) in [6, 6.07) is 0.603. The van der Waals surface area contributed by atoms with Gasteiger partial charge in [0.05, 0.1) is 0 Å². The minimum Gasteiger partial charge on any atom is -0.356 e. The molecular formula is C16H30N6S2. The van der Waals surface area contributed by atoms with Crippen molar-refractivity contribution in [3.05, 3.63) is 5.82 Å². The van der Waals surface area contributed by atoms with Crippen LogP contribution < -0.4 is 10.6 Å². The van der Waals surface area contributed by atoms with E-state index in [9.17, 15) is 0 Å². The second-order valence-electron chi connectivity index (χ2n) is 5.93. The van der Waals surface area contributed by atoms with Crippen molar-refractivity contribution in [1.82, 2.24) is 25.4 Å². The van der Waals surface area contributed by atoms with Crippen LogP contribution in [0.4, 0.5) is 0 Å². The van der Waals surface area contributed by atoms with Gasteiger partial charge in [-0.25, -0.2) is 0 Å². The van der Waals surface area contributed by atoms with E-state index in [-0.39, 0.29) is 0 Å². The molecular weight excluding hydrogens is 340 g/mol. The highest BCUT2D eigenvalue weighted by molar-refractivity contribution is 7.98. The van der Waals surface area contributed by atoms with E-state index >= 15 is 0 Å². The summed E-state index contributed by atoms with van der Waals surface area (Å²) in [5, 5.41) is 16.6. The summed E-state index contributed by atoms with van der Waals surface area (Å²) >= 11 is 3.54. The first-order chi connectivity index (χ1) is 11.8. The largest absolute Gasteiger partial charge is 0.356 e. The van der Waals surface area contributed by atoms with Crippen LogP contribution in [0, 0.1) is 0 Å². The minimum atomic E-state index is 0.603. The van der Waals surface area contributed by atoms with Crippen LogP contribution in [-0.2, 0) is 6.42 Å². The number of aliphatic imine (C=N–C) groups is 1. The fourth-order valence-electron chi connectivity index (χ4n) is 3.09. The first kappa shape index (κ1) is 19.4. The summed E-state index contributed by atoms with van der Waals surface area (Å²) in [6.45, 7) is 1.83. The van der Waals surface area contributed by atoms with E-state index in [4.69, 9.17) is 0 Å². The van der Waals surface area contributed by atoms with Crippen molar-refractivity contribution in [3.63, 3.8) is 0 Å². The summed E-state index contributed by atoms with van der Waals surface area (Å²) in [5.41, 5.74) is 0. The van der Waals surface area contributed by atoms with Gasteiger partial charge in [-0.3, -0.25) is 4.99 Å². The van der Waals surface area contributed by atoms with E-state index in [1.54, 1.807) is 11.8 Å². The van der Waals surface area contributed by atoms with Gasteiger partial charge in [-0.15, -0.1) is 10.2 Å². The molecule has 1 saturated carbocycles. The molecule has 24 heavy (non-hydrogen) atoms. The number of aryl methyl sites for hydroxylation is 1. The van der Waals surface area contributed by atoms with Gasteiger partial charge >= 0.3 is 0 Å². The number of nitrogens with one attached hydrogen (secondary N) is 2. The number of nitrogens with zero attached hydrogens (tertiary/aromatic N) is 4. The Morgan fingerprint density at radius 3 is 2.62 bits per heavy atom. The molecule has 1 aliphatic rings. The van der Waals surface area contributed by atoms with Crippen molar-refractivity contribution in [2.75, 3.05) is 38.4 Å². The lowest BCUT2D eigenvalue weighted by Crippen LogP contribution is -2.38. The maximum absolute atomic E-state index is 4.44. The third-order valence-electron chi connectivity index (χ3n) is 4.30. The number of hydrogen-bond donors (Lipinski definition) is 2. The molecule has 6 nitrogen and oxygen atoms in total. The maximum Gasteiger partial charge on any atom is 0.191 e. The van der Waals surface area contributed by atoms with Gasteiger partial charge < -0.3 is 15.2 Å². The van der Waals surface area contributed by atoms with E-state index in [1.165, 1.54) is 25.7 Å². The lowest BCUT2D eigenvalue weighted by molar-refractivity contribution is 0.460. The van der Waals surface area contributed by atoms with Crippen LogP contribution in [0.1, 0.15) is 44.0 Å². The molecule has 0 atom stereocenters. The Hall–Kier alpha value is -0.890. The Kier molecular flexibility index (Phi) is 8.80. The van der Waals surface area contributed by atoms with Gasteiger partial charge in [0.15, 0.2) is 11.1 Å². The van der Waals surface area contributed by atoms with E-state index in [1.807, 2.05) is 18.8 Å². The third kappa shape index (κ3) is 5.58. The molecule has 0 aliphatic heterocycles. The summed E-state index contributed by atoms with van der Waals surface area (Å²) < 4.78 is 2.39. The van der Waals surface area contributed by atoms with Crippen LogP contribution in [0.3, 0.4) is 0 Å². The topological polar surface area (TPSA) is 67.1 Å². The monoisotopic (exact) mass is 370 g/mol. The predicted molar refractivity (Wildman–Crippen MR) is 105 cm³/mol. The average Bonchev–Trinajstić information content (AvgIpc) is 3.25. The zero-order valence-corrected chi connectivity index (χ0v) is 16.7. The zero-order valence-electron chi connectivity index (χ0n) is 15.0. The second-order valence-corrected chi connectivity index (χ2v) is 7.69. The van der Waals surface area contributed by atoms with E-state index < -0.39 is 0 Å². The summed E-state index contributed by atoms with van der Waals surface area (Å²) in [4.78, 5) is 4.25. The zero-order chi connectivity index (χ0) is 17.2. The smallest absolute Gasteiger partial charge is 0.191 e. The molecule has 0 radical (unpaired) electrons. The van der Waals surface area contributed by atoms with Gasteiger partial charge in [-0.1, -0.05) is 24.6 Å². The number of guanidine groups is 1. The highest BCUT2D eigenvalue weighted by Gasteiger charge is 2.23. The van der Waals surface area contributed by atoms with Crippen molar-refractivity contribution in [1.29, 1.82) is 0 Å². The van der Waals surface area contributed by atoms with Gasteiger partial charge in [0.1, 0.15) is 5.82 Å². The Morgan fingerprint density at radius 1 is 1.21 bits per heavy atom. The van der Waals surface area contributed by atoms with Crippen molar-refractivity contribution in [3.8, 4) is 0 Å². The molecule has 0 aromatic carbocycles. The molecule has 1 fully saturated rings. The number of rotatable bonds is 9. The molecule has 8 heteroatoms. The SMILES string of the molecule is CN=C(NCCCc1nnc(SC)n1C1CCCC1)NCCSC. The molecule has 0 amide bonds. The first-order valence-electron chi connectivity index (χ1n) is 8.71. The highest BCUT2D eigenvalue weighted by Crippen LogP contribution is 2.33. The minimum absolute atomic E-state index is 0.603. The van der Waals surface area contributed by atoms with Crippen LogP contribution in [-0.4, -0.2) is 59.1 Å². The van der Waals surface area contributed by atoms with E-state index in [0.717, 1.165) is 48.6 Å². The standard InChI is InChI=1S/C16H30N6S2/c1-17-15(19-11-12-23-2)18-10-6-9-14-20-21-16(24-3)22(14)13-7-4-5-8-13/h13H,4-12H2,1-3H3,(H2,17,18,19). The molecule has 0 spiro atoms. The lowest BCUT2D eigenvalue weighted by Gasteiger charge is -2.16. The maximum atomic E-state index is 4.44. The van der Waals surface area contributed by atoms with Crippen LogP contribution in [0.15, 0.2) is 10.1 Å². The molecule has 1 aliphatic carbocycles. The van der Waals surface area contributed by atoms with Crippen molar-refractivity contribution in [2.45, 2.75) is 49.7 Å². The molecule has 0 unspecified atom stereocenters. The fourth-order valence-corrected chi connectivity index (χ4v) is 3.97. The summed E-state index contributed by atoms with van der Waals surface area (Å²) in [7, 11) is 1.82. The average molecular weight is 371 g/mol. The summed E-state index contributed by atoms with van der Waals surface area (Å²) in [6.07, 6.45) is 11.4. The highest BCUT2D eigenvalue weighted by atomic mass is 32.2. The molecule has 0 bridgehead atoms.